The predicted octanol–water partition coefficient (Wildman–Crippen LogP) is 5.17. The van der Waals surface area contributed by atoms with Gasteiger partial charge in [-0.3, -0.25) is 0 Å². The highest BCUT2D eigenvalue weighted by Crippen LogP contribution is 2.25. The monoisotopic (exact) mass is 283 g/mol. The minimum absolute atomic E-state index is 0.200. The van der Waals surface area contributed by atoms with Crippen LogP contribution in [-0.4, -0.2) is 7.11 Å². The van der Waals surface area contributed by atoms with Crippen molar-refractivity contribution in [1.82, 2.24) is 0 Å². The van der Waals surface area contributed by atoms with Gasteiger partial charge in [-0.2, -0.15) is 0 Å². The average Bonchev–Trinajstić information content (AvgIpc) is 2.47. The standard InChI is InChI=1S/C19H25NO/c1-14(20-17-10-12-18(21-5)13-11-17)15-6-8-16(9-7-15)19(2,3)4/h6-14,20H,1-5H3. The highest BCUT2D eigenvalue weighted by Gasteiger charge is 2.14. The van der Waals surface area contributed by atoms with Gasteiger partial charge in [0.05, 0.1) is 7.11 Å². The van der Waals surface area contributed by atoms with Gasteiger partial charge < -0.3 is 10.1 Å². The molecule has 0 aromatic heterocycles. The Hall–Kier alpha value is -1.96. The van der Waals surface area contributed by atoms with Crippen LogP contribution >= 0.6 is 0 Å². The van der Waals surface area contributed by atoms with Crippen LogP contribution in [0.25, 0.3) is 0 Å². The van der Waals surface area contributed by atoms with Crippen LogP contribution < -0.4 is 10.1 Å². The SMILES string of the molecule is COc1ccc(NC(C)c2ccc(C(C)(C)C)cc2)cc1. The van der Waals surface area contributed by atoms with E-state index < -0.39 is 0 Å². The minimum Gasteiger partial charge on any atom is -0.497 e. The third-order valence-electron chi connectivity index (χ3n) is 3.75. The van der Waals surface area contributed by atoms with Gasteiger partial charge >= 0.3 is 0 Å². The molecule has 0 aliphatic heterocycles. The lowest BCUT2D eigenvalue weighted by Crippen LogP contribution is -2.12. The molecule has 0 bridgehead atoms. The van der Waals surface area contributed by atoms with Gasteiger partial charge in [0.25, 0.3) is 0 Å². The number of nitrogens with one attached hydrogen (secondary N) is 1. The van der Waals surface area contributed by atoms with Gasteiger partial charge in [0.2, 0.25) is 0 Å². The first-order valence-electron chi connectivity index (χ1n) is 7.41. The molecular formula is C19H25NO. The van der Waals surface area contributed by atoms with Crippen molar-refractivity contribution < 1.29 is 4.74 Å². The fraction of sp³-hybridized carbons (Fsp3) is 0.368. The molecule has 0 amide bonds. The van der Waals surface area contributed by atoms with E-state index in [1.807, 2.05) is 24.3 Å². The van der Waals surface area contributed by atoms with Gasteiger partial charge in [-0.1, -0.05) is 45.0 Å². The highest BCUT2D eigenvalue weighted by atomic mass is 16.5. The van der Waals surface area contributed by atoms with Gasteiger partial charge in [0, 0.05) is 11.7 Å². The van der Waals surface area contributed by atoms with E-state index in [1.54, 1.807) is 7.11 Å². The number of ether oxygens (including phenoxy) is 1. The Morgan fingerprint density at radius 1 is 0.905 bits per heavy atom. The van der Waals surface area contributed by atoms with E-state index in [2.05, 4.69) is 57.3 Å². The van der Waals surface area contributed by atoms with Crippen LogP contribution in [0.5, 0.6) is 5.75 Å². The van der Waals surface area contributed by atoms with Crippen LogP contribution in [0.1, 0.15) is 44.9 Å². The first kappa shape index (κ1) is 15.4. The maximum atomic E-state index is 5.18. The molecule has 0 saturated carbocycles. The zero-order valence-corrected chi connectivity index (χ0v) is 13.6. The number of anilines is 1. The van der Waals surface area contributed by atoms with Crippen LogP contribution in [0.4, 0.5) is 5.69 Å². The number of hydrogen-bond acceptors (Lipinski definition) is 2. The molecule has 0 aliphatic rings. The van der Waals surface area contributed by atoms with E-state index in [1.165, 1.54) is 11.1 Å². The van der Waals surface area contributed by atoms with Crippen molar-refractivity contribution in [2.24, 2.45) is 0 Å². The largest absolute Gasteiger partial charge is 0.497 e. The van der Waals surface area contributed by atoms with Gasteiger partial charge in [0.15, 0.2) is 0 Å². The van der Waals surface area contributed by atoms with Crippen molar-refractivity contribution >= 4 is 5.69 Å². The normalized spacial score (nSPS) is 12.8. The van der Waals surface area contributed by atoms with Gasteiger partial charge in [-0.25, -0.2) is 0 Å². The molecule has 21 heavy (non-hydrogen) atoms. The molecule has 1 unspecified atom stereocenters. The third-order valence-corrected chi connectivity index (χ3v) is 3.75. The van der Waals surface area contributed by atoms with Crippen molar-refractivity contribution in [1.29, 1.82) is 0 Å². The second kappa shape index (κ2) is 6.21. The summed E-state index contributed by atoms with van der Waals surface area (Å²) in [6, 6.07) is 17.2. The Morgan fingerprint density at radius 3 is 1.95 bits per heavy atom. The van der Waals surface area contributed by atoms with Crippen LogP contribution in [0.3, 0.4) is 0 Å². The van der Waals surface area contributed by atoms with Crippen LogP contribution in [0.15, 0.2) is 48.5 Å². The van der Waals surface area contributed by atoms with E-state index in [-0.39, 0.29) is 11.5 Å². The first-order chi connectivity index (χ1) is 9.90. The zero-order valence-electron chi connectivity index (χ0n) is 13.6. The lowest BCUT2D eigenvalue weighted by atomic mass is 9.86. The van der Waals surface area contributed by atoms with Crippen molar-refractivity contribution in [3.63, 3.8) is 0 Å². The lowest BCUT2D eigenvalue weighted by molar-refractivity contribution is 0.415. The van der Waals surface area contributed by atoms with Crippen molar-refractivity contribution in [3.05, 3.63) is 59.7 Å². The molecule has 112 valence electrons. The van der Waals surface area contributed by atoms with E-state index in [4.69, 9.17) is 4.74 Å². The van der Waals surface area contributed by atoms with Crippen LogP contribution in [-0.2, 0) is 5.41 Å². The number of benzene rings is 2. The molecule has 0 radical (unpaired) electrons. The van der Waals surface area contributed by atoms with Gasteiger partial charge in [-0.05, 0) is 47.7 Å². The number of methoxy groups -OCH3 is 1. The van der Waals surface area contributed by atoms with Crippen molar-refractivity contribution in [3.8, 4) is 5.75 Å². The summed E-state index contributed by atoms with van der Waals surface area (Å²) in [5.41, 5.74) is 3.95. The maximum Gasteiger partial charge on any atom is 0.119 e. The summed E-state index contributed by atoms with van der Waals surface area (Å²) in [4.78, 5) is 0. The quantitative estimate of drug-likeness (QED) is 0.836. The Balaban J connectivity index is 2.07. The minimum atomic E-state index is 0.200. The summed E-state index contributed by atoms with van der Waals surface area (Å²) in [6.45, 7) is 8.89. The summed E-state index contributed by atoms with van der Waals surface area (Å²) in [6.07, 6.45) is 0. The Labute approximate surface area is 128 Å². The number of hydrogen-bond donors (Lipinski definition) is 1. The Morgan fingerprint density at radius 2 is 1.48 bits per heavy atom. The summed E-state index contributed by atoms with van der Waals surface area (Å²) in [7, 11) is 1.68. The van der Waals surface area contributed by atoms with Gasteiger partial charge in [-0.15, -0.1) is 0 Å². The molecule has 0 spiro atoms. The van der Waals surface area contributed by atoms with Crippen molar-refractivity contribution in [2.75, 3.05) is 12.4 Å². The molecule has 0 aliphatic carbocycles. The number of rotatable bonds is 4. The molecule has 2 aromatic rings. The molecule has 0 heterocycles. The molecule has 2 rings (SSSR count). The molecular weight excluding hydrogens is 258 g/mol. The topological polar surface area (TPSA) is 21.3 Å². The Bertz CT molecular complexity index is 564. The summed E-state index contributed by atoms with van der Waals surface area (Å²) in [5.74, 6) is 0.878. The van der Waals surface area contributed by atoms with E-state index in [0.717, 1.165) is 11.4 Å². The molecule has 2 aromatic carbocycles. The lowest BCUT2D eigenvalue weighted by Gasteiger charge is -2.21. The zero-order chi connectivity index (χ0) is 15.5. The second-order valence-electron chi connectivity index (χ2n) is 6.47. The Kier molecular flexibility index (Phi) is 4.56. The molecule has 0 saturated heterocycles. The molecule has 2 heteroatoms. The summed E-state index contributed by atoms with van der Waals surface area (Å²) in [5, 5.41) is 3.51. The van der Waals surface area contributed by atoms with Crippen LogP contribution in [0.2, 0.25) is 0 Å². The molecule has 0 fully saturated rings. The first-order valence-corrected chi connectivity index (χ1v) is 7.41. The highest BCUT2D eigenvalue weighted by molar-refractivity contribution is 5.48. The predicted molar refractivity (Wildman–Crippen MR) is 90.2 cm³/mol. The smallest absolute Gasteiger partial charge is 0.119 e. The van der Waals surface area contributed by atoms with Crippen molar-refractivity contribution in [2.45, 2.75) is 39.2 Å². The van der Waals surface area contributed by atoms with E-state index in [0.29, 0.717) is 0 Å². The van der Waals surface area contributed by atoms with E-state index >= 15 is 0 Å². The average molecular weight is 283 g/mol. The van der Waals surface area contributed by atoms with Gasteiger partial charge in [0.1, 0.15) is 5.75 Å². The summed E-state index contributed by atoms with van der Waals surface area (Å²) < 4.78 is 5.18. The third kappa shape index (κ3) is 4.01. The fourth-order valence-electron chi connectivity index (χ4n) is 2.29. The fourth-order valence-corrected chi connectivity index (χ4v) is 2.29. The molecule has 1 atom stereocenters. The summed E-state index contributed by atoms with van der Waals surface area (Å²) >= 11 is 0. The second-order valence-corrected chi connectivity index (χ2v) is 6.47. The van der Waals surface area contributed by atoms with Crippen LogP contribution in [0, 0.1) is 0 Å². The molecule has 1 N–H and O–H groups in total. The molecule has 2 nitrogen and oxygen atoms in total. The maximum absolute atomic E-state index is 5.18. The van der Waals surface area contributed by atoms with E-state index in [9.17, 15) is 0 Å².